The summed E-state index contributed by atoms with van der Waals surface area (Å²) in [5, 5.41) is 12.0. The van der Waals surface area contributed by atoms with Gasteiger partial charge in [-0.3, -0.25) is 4.98 Å². The maximum absolute atomic E-state index is 4.39. The Morgan fingerprint density at radius 1 is 1.21 bits per heavy atom. The molecule has 0 aliphatic carbocycles. The molecule has 7 heteroatoms. The molecule has 2 aromatic heterocycles. The Kier molecular flexibility index (Phi) is 5.22. The van der Waals surface area contributed by atoms with Gasteiger partial charge in [-0.25, -0.2) is 10.5 Å². The summed E-state index contributed by atoms with van der Waals surface area (Å²) in [6, 6.07) is 12.1. The second-order valence-corrected chi connectivity index (χ2v) is 6.17. The summed E-state index contributed by atoms with van der Waals surface area (Å²) in [6.07, 6.45) is 3.48. The molecule has 0 saturated heterocycles. The van der Waals surface area contributed by atoms with Crippen LogP contribution < -0.4 is 5.43 Å². The van der Waals surface area contributed by atoms with Gasteiger partial charge in [0.25, 0.3) is 0 Å². The molecule has 0 bridgehead atoms. The fourth-order valence-corrected chi connectivity index (χ4v) is 2.94. The molecule has 3 aromatic rings. The van der Waals surface area contributed by atoms with E-state index in [1.54, 1.807) is 24.2 Å². The molecule has 0 radical (unpaired) electrons. The molecule has 0 unspecified atom stereocenters. The average molecular weight is 338 g/mol. The molecule has 0 aliphatic heterocycles. The van der Waals surface area contributed by atoms with Crippen LogP contribution in [0.2, 0.25) is 0 Å². The van der Waals surface area contributed by atoms with Crippen molar-refractivity contribution in [3.8, 4) is 0 Å². The highest BCUT2D eigenvalue weighted by Crippen LogP contribution is 2.21. The van der Waals surface area contributed by atoms with Crippen molar-refractivity contribution in [1.29, 1.82) is 0 Å². The van der Waals surface area contributed by atoms with Gasteiger partial charge >= 0.3 is 0 Å². The van der Waals surface area contributed by atoms with Crippen molar-refractivity contribution in [3.63, 3.8) is 0 Å². The molecular formula is C17H18N6S. The van der Waals surface area contributed by atoms with Crippen LogP contribution in [-0.2, 0) is 5.75 Å². The molecule has 0 amide bonds. The molecule has 0 fully saturated rings. The van der Waals surface area contributed by atoms with Gasteiger partial charge in [-0.05, 0) is 37.1 Å². The summed E-state index contributed by atoms with van der Waals surface area (Å²) in [6.45, 7) is 4.03. The second kappa shape index (κ2) is 7.74. The normalized spacial score (nSPS) is 11.5. The van der Waals surface area contributed by atoms with Crippen LogP contribution in [0.4, 0.5) is 5.95 Å². The Balaban J connectivity index is 1.59. The highest BCUT2D eigenvalue weighted by atomic mass is 32.2. The number of rotatable bonds is 6. The number of aryl methyl sites for hydroxylation is 1. The highest BCUT2D eigenvalue weighted by molar-refractivity contribution is 7.98. The summed E-state index contributed by atoms with van der Waals surface area (Å²) in [5.74, 6) is 1.36. The average Bonchev–Trinajstić information content (AvgIpc) is 3.08. The van der Waals surface area contributed by atoms with E-state index in [1.165, 1.54) is 11.1 Å². The van der Waals surface area contributed by atoms with Crippen LogP contribution in [0.3, 0.4) is 0 Å². The Labute approximate surface area is 144 Å². The third-order valence-corrected chi connectivity index (χ3v) is 4.41. The monoisotopic (exact) mass is 338 g/mol. The molecule has 24 heavy (non-hydrogen) atoms. The zero-order valence-corrected chi connectivity index (χ0v) is 14.3. The first kappa shape index (κ1) is 16.2. The number of hydrogen-bond donors (Lipinski definition) is 2. The Morgan fingerprint density at radius 2 is 2.00 bits per heavy atom. The van der Waals surface area contributed by atoms with Crippen LogP contribution in [0.25, 0.3) is 0 Å². The van der Waals surface area contributed by atoms with Gasteiger partial charge in [0.15, 0.2) is 0 Å². The van der Waals surface area contributed by atoms with E-state index in [4.69, 9.17) is 0 Å². The zero-order chi connectivity index (χ0) is 16.8. The molecule has 1 aromatic carbocycles. The molecule has 0 spiro atoms. The van der Waals surface area contributed by atoms with Crippen molar-refractivity contribution >= 4 is 23.4 Å². The number of nitrogens with one attached hydrogen (secondary N) is 2. The van der Waals surface area contributed by atoms with E-state index in [0.717, 1.165) is 17.0 Å². The lowest BCUT2D eigenvalue weighted by Crippen LogP contribution is -2.00. The standard InChI is InChI=1S/C17H18N6S/c1-12-5-3-4-6-15(12)11-24-17-19-16(22-23-17)21-20-13(2)14-7-9-18-10-8-14/h3-10H,11H2,1-2H3,(H2,19,21,22,23). The summed E-state index contributed by atoms with van der Waals surface area (Å²) >= 11 is 1.59. The molecular weight excluding hydrogens is 320 g/mol. The topological polar surface area (TPSA) is 78.9 Å². The van der Waals surface area contributed by atoms with Gasteiger partial charge in [-0.15, -0.1) is 5.10 Å². The van der Waals surface area contributed by atoms with Gasteiger partial charge in [0.2, 0.25) is 11.1 Å². The molecule has 0 aliphatic rings. The van der Waals surface area contributed by atoms with Crippen molar-refractivity contribution in [2.24, 2.45) is 5.10 Å². The number of hydrazone groups is 1. The predicted octanol–water partition coefficient (Wildman–Crippen LogP) is 3.64. The van der Waals surface area contributed by atoms with Gasteiger partial charge < -0.3 is 0 Å². The van der Waals surface area contributed by atoms with Crippen molar-refractivity contribution in [2.45, 2.75) is 24.8 Å². The fraction of sp³-hybridized carbons (Fsp3) is 0.176. The summed E-state index contributed by atoms with van der Waals surface area (Å²) in [5.41, 5.74) is 7.31. The van der Waals surface area contributed by atoms with E-state index in [-0.39, 0.29) is 0 Å². The molecule has 3 rings (SSSR count). The van der Waals surface area contributed by atoms with Crippen molar-refractivity contribution in [2.75, 3.05) is 5.43 Å². The van der Waals surface area contributed by atoms with Crippen molar-refractivity contribution in [3.05, 3.63) is 65.5 Å². The Morgan fingerprint density at radius 3 is 2.79 bits per heavy atom. The number of aromatic nitrogens is 4. The van der Waals surface area contributed by atoms with Gasteiger partial charge in [-0.1, -0.05) is 36.0 Å². The third kappa shape index (κ3) is 4.20. The summed E-state index contributed by atoms with van der Waals surface area (Å²) in [7, 11) is 0. The maximum atomic E-state index is 4.39. The molecule has 6 nitrogen and oxygen atoms in total. The fourth-order valence-electron chi connectivity index (χ4n) is 2.07. The number of pyridine rings is 1. The smallest absolute Gasteiger partial charge is 0.240 e. The first-order valence-electron chi connectivity index (χ1n) is 7.53. The number of aromatic amines is 1. The van der Waals surface area contributed by atoms with Gasteiger partial charge in [-0.2, -0.15) is 10.1 Å². The largest absolute Gasteiger partial charge is 0.265 e. The number of anilines is 1. The van der Waals surface area contributed by atoms with E-state index < -0.39 is 0 Å². The predicted molar refractivity (Wildman–Crippen MR) is 97.2 cm³/mol. The number of benzene rings is 1. The zero-order valence-electron chi connectivity index (χ0n) is 13.5. The molecule has 0 atom stereocenters. The third-order valence-electron chi connectivity index (χ3n) is 3.51. The molecule has 122 valence electrons. The van der Waals surface area contributed by atoms with Crippen LogP contribution >= 0.6 is 11.8 Å². The van der Waals surface area contributed by atoms with E-state index in [2.05, 4.69) is 49.7 Å². The number of thioether (sulfide) groups is 1. The van der Waals surface area contributed by atoms with Crippen molar-refractivity contribution in [1.82, 2.24) is 20.2 Å². The number of hydrogen-bond acceptors (Lipinski definition) is 6. The van der Waals surface area contributed by atoms with Crippen LogP contribution in [0, 0.1) is 6.92 Å². The van der Waals surface area contributed by atoms with Crippen LogP contribution in [0.1, 0.15) is 23.6 Å². The maximum Gasteiger partial charge on any atom is 0.240 e. The molecule has 0 saturated carbocycles. The Hall–Kier alpha value is -2.67. The minimum atomic E-state index is 0.524. The van der Waals surface area contributed by atoms with Crippen LogP contribution in [0.5, 0.6) is 0 Å². The lowest BCUT2D eigenvalue weighted by atomic mass is 10.1. The minimum Gasteiger partial charge on any atom is -0.265 e. The van der Waals surface area contributed by atoms with Gasteiger partial charge in [0.1, 0.15) is 0 Å². The van der Waals surface area contributed by atoms with E-state index in [0.29, 0.717) is 11.1 Å². The first-order valence-corrected chi connectivity index (χ1v) is 8.51. The van der Waals surface area contributed by atoms with Crippen molar-refractivity contribution < 1.29 is 0 Å². The lowest BCUT2D eigenvalue weighted by Gasteiger charge is -2.02. The SMILES string of the molecule is CC(=NNc1nc(SCc2ccccc2C)n[nH]1)c1ccncc1. The van der Waals surface area contributed by atoms with E-state index in [1.807, 2.05) is 31.2 Å². The van der Waals surface area contributed by atoms with Gasteiger partial charge in [0, 0.05) is 23.7 Å². The van der Waals surface area contributed by atoms with E-state index in [9.17, 15) is 0 Å². The summed E-state index contributed by atoms with van der Waals surface area (Å²) < 4.78 is 0. The van der Waals surface area contributed by atoms with E-state index >= 15 is 0 Å². The van der Waals surface area contributed by atoms with Crippen LogP contribution in [-0.4, -0.2) is 25.9 Å². The second-order valence-electron chi connectivity index (χ2n) is 5.23. The number of H-pyrrole nitrogens is 1. The molecule has 2 heterocycles. The van der Waals surface area contributed by atoms with Gasteiger partial charge in [0.05, 0.1) is 5.71 Å². The number of nitrogens with zero attached hydrogens (tertiary/aromatic N) is 4. The highest BCUT2D eigenvalue weighted by Gasteiger charge is 2.05. The van der Waals surface area contributed by atoms with Crippen LogP contribution in [0.15, 0.2) is 59.0 Å². The minimum absolute atomic E-state index is 0.524. The first-order chi connectivity index (χ1) is 11.7. The Bertz CT molecular complexity index is 828. The molecule has 2 N–H and O–H groups in total. The summed E-state index contributed by atoms with van der Waals surface area (Å²) in [4.78, 5) is 8.38. The quantitative estimate of drug-likeness (QED) is 0.407. The lowest BCUT2D eigenvalue weighted by molar-refractivity contribution is 0.972.